The van der Waals surface area contributed by atoms with E-state index >= 15 is 0 Å². The lowest BCUT2D eigenvalue weighted by Gasteiger charge is -2.24. The summed E-state index contributed by atoms with van der Waals surface area (Å²) < 4.78 is 5.86. The summed E-state index contributed by atoms with van der Waals surface area (Å²) >= 11 is 0. The lowest BCUT2D eigenvalue weighted by atomic mass is 9.85. The van der Waals surface area contributed by atoms with E-state index in [1.165, 1.54) is 0 Å². The number of H-pyrrole nitrogens is 1. The van der Waals surface area contributed by atoms with Crippen LogP contribution in [0.1, 0.15) is 66.7 Å². The van der Waals surface area contributed by atoms with Gasteiger partial charge in [0.2, 0.25) is 11.8 Å². The van der Waals surface area contributed by atoms with E-state index in [-0.39, 0.29) is 30.2 Å². The van der Waals surface area contributed by atoms with Crippen LogP contribution >= 0.6 is 0 Å². The largest absolute Gasteiger partial charge is 0.441 e. The van der Waals surface area contributed by atoms with Crippen LogP contribution in [0.3, 0.4) is 0 Å². The Kier molecular flexibility index (Phi) is 5.88. The third kappa shape index (κ3) is 4.52. The van der Waals surface area contributed by atoms with E-state index in [0.29, 0.717) is 34.3 Å². The number of benzene rings is 1. The molecular formula is C23H27N5O3. The number of para-hydroxylation sites is 1. The maximum atomic E-state index is 12.4. The highest BCUT2D eigenvalue weighted by molar-refractivity contribution is 5.96. The maximum absolute atomic E-state index is 12.4. The first-order valence-corrected chi connectivity index (χ1v) is 10.6. The molecule has 1 fully saturated rings. The molecule has 8 nitrogen and oxygen atoms in total. The van der Waals surface area contributed by atoms with Crippen LogP contribution in [0.2, 0.25) is 0 Å². The number of oxazole rings is 1. The highest BCUT2D eigenvalue weighted by Gasteiger charge is 2.26. The van der Waals surface area contributed by atoms with E-state index < -0.39 is 0 Å². The van der Waals surface area contributed by atoms with Gasteiger partial charge in [-0.1, -0.05) is 32.4 Å². The van der Waals surface area contributed by atoms with Crippen LogP contribution in [0, 0.1) is 12.8 Å². The van der Waals surface area contributed by atoms with Crippen LogP contribution in [0.4, 0.5) is 5.69 Å². The van der Waals surface area contributed by atoms with E-state index in [1.807, 2.05) is 38.1 Å². The van der Waals surface area contributed by atoms with Crippen molar-refractivity contribution in [2.45, 2.75) is 52.5 Å². The molecule has 2 heterocycles. The van der Waals surface area contributed by atoms with Gasteiger partial charge in [0.15, 0.2) is 0 Å². The van der Waals surface area contributed by atoms with Gasteiger partial charge in [0.25, 0.3) is 5.91 Å². The van der Waals surface area contributed by atoms with E-state index in [2.05, 4.69) is 25.8 Å². The molecule has 0 atom stereocenters. The van der Waals surface area contributed by atoms with Gasteiger partial charge >= 0.3 is 0 Å². The van der Waals surface area contributed by atoms with Crippen LogP contribution in [-0.4, -0.2) is 27.0 Å². The molecular weight excluding hydrogens is 394 g/mol. The lowest BCUT2D eigenvalue weighted by Crippen LogP contribution is -2.28. The molecule has 3 aromatic rings. The molecule has 4 rings (SSSR count). The Morgan fingerprint density at radius 3 is 2.71 bits per heavy atom. The molecule has 0 radical (unpaired) electrons. The smallest absolute Gasteiger partial charge is 0.272 e. The Morgan fingerprint density at radius 2 is 2.03 bits per heavy atom. The Labute approximate surface area is 180 Å². The minimum absolute atomic E-state index is 0.0363. The summed E-state index contributed by atoms with van der Waals surface area (Å²) in [4.78, 5) is 29.4. The minimum Gasteiger partial charge on any atom is -0.441 e. The summed E-state index contributed by atoms with van der Waals surface area (Å²) in [6.45, 7) is 6.08. The van der Waals surface area contributed by atoms with Gasteiger partial charge in [-0.05, 0) is 43.9 Å². The average Bonchev–Trinajstić information content (AvgIpc) is 3.32. The quantitative estimate of drug-likeness (QED) is 0.530. The van der Waals surface area contributed by atoms with Crippen molar-refractivity contribution < 1.29 is 14.0 Å². The number of aromatic nitrogens is 3. The summed E-state index contributed by atoms with van der Waals surface area (Å²) in [6, 6.07) is 9.20. The zero-order valence-corrected chi connectivity index (χ0v) is 18.0. The van der Waals surface area contributed by atoms with Gasteiger partial charge in [0, 0.05) is 11.6 Å². The molecule has 31 heavy (non-hydrogen) atoms. The molecule has 162 valence electrons. The third-order valence-corrected chi connectivity index (χ3v) is 5.65. The molecule has 2 amide bonds. The van der Waals surface area contributed by atoms with Crippen molar-refractivity contribution in [2.24, 2.45) is 5.92 Å². The second kappa shape index (κ2) is 8.75. The number of hydrogen-bond donors (Lipinski definition) is 3. The molecule has 0 saturated heterocycles. The number of nitrogens with one attached hydrogen (secondary N) is 3. The molecule has 0 aliphatic heterocycles. The predicted molar refractivity (Wildman–Crippen MR) is 116 cm³/mol. The van der Waals surface area contributed by atoms with Gasteiger partial charge in [0.1, 0.15) is 17.1 Å². The number of amides is 2. The molecule has 2 aromatic heterocycles. The number of aromatic amines is 1. The van der Waals surface area contributed by atoms with Crippen LogP contribution in [0.25, 0.3) is 11.5 Å². The Morgan fingerprint density at radius 1 is 1.26 bits per heavy atom. The van der Waals surface area contributed by atoms with E-state index in [9.17, 15) is 9.59 Å². The number of carbonyl (C=O) groups is 2. The average molecular weight is 422 g/mol. The van der Waals surface area contributed by atoms with Crippen molar-refractivity contribution >= 4 is 17.5 Å². The highest BCUT2D eigenvalue weighted by atomic mass is 16.4. The molecule has 0 spiro atoms. The number of nitrogens with zero attached hydrogens (tertiary/aromatic N) is 2. The van der Waals surface area contributed by atoms with Crippen molar-refractivity contribution in [3.05, 3.63) is 53.2 Å². The SMILES string of the molecule is Cc1oc(-c2ccccc2NC(=O)C2CCC2)nc1CNC(=O)c1cc(C(C)C)[nH]n1. The second-order valence-electron chi connectivity index (χ2n) is 8.23. The van der Waals surface area contributed by atoms with Crippen LogP contribution in [0.5, 0.6) is 0 Å². The van der Waals surface area contributed by atoms with E-state index in [4.69, 9.17) is 4.42 Å². The van der Waals surface area contributed by atoms with Crippen molar-refractivity contribution in [2.75, 3.05) is 5.32 Å². The predicted octanol–water partition coefficient (Wildman–Crippen LogP) is 4.17. The zero-order valence-electron chi connectivity index (χ0n) is 18.0. The second-order valence-corrected chi connectivity index (χ2v) is 8.23. The van der Waals surface area contributed by atoms with Gasteiger partial charge in [-0.3, -0.25) is 14.7 Å². The normalized spacial score (nSPS) is 13.8. The van der Waals surface area contributed by atoms with Crippen LogP contribution in [-0.2, 0) is 11.3 Å². The molecule has 0 unspecified atom stereocenters. The summed E-state index contributed by atoms with van der Waals surface area (Å²) in [6.07, 6.45) is 2.97. The molecule has 1 aliphatic carbocycles. The fourth-order valence-corrected chi connectivity index (χ4v) is 3.39. The fourth-order valence-electron chi connectivity index (χ4n) is 3.39. The number of aryl methyl sites for hydroxylation is 1. The van der Waals surface area contributed by atoms with Crippen molar-refractivity contribution in [3.8, 4) is 11.5 Å². The number of hydrogen-bond acceptors (Lipinski definition) is 5. The van der Waals surface area contributed by atoms with Gasteiger partial charge < -0.3 is 15.1 Å². The van der Waals surface area contributed by atoms with Crippen LogP contribution < -0.4 is 10.6 Å². The molecule has 1 saturated carbocycles. The molecule has 1 aliphatic rings. The van der Waals surface area contributed by atoms with Gasteiger partial charge in [-0.2, -0.15) is 5.10 Å². The van der Waals surface area contributed by atoms with Crippen LogP contribution in [0.15, 0.2) is 34.7 Å². The summed E-state index contributed by atoms with van der Waals surface area (Å²) in [5.74, 6) is 1.13. The highest BCUT2D eigenvalue weighted by Crippen LogP contribution is 2.32. The van der Waals surface area contributed by atoms with Gasteiger partial charge in [-0.15, -0.1) is 0 Å². The zero-order chi connectivity index (χ0) is 22.0. The topological polar surface area (TPSA) is 113 Å². The number of anilines is 1. The first-order chi connectivity index (χ1) is 14.9. The molecule has 0 bridgehead atoms. The van der Waals surface area contributed by atoms with Crippen molar-refractivity contribution in [1.82, 2.24) is 20.5 Å². The Hall–Kier alpha value is -3.42. The molecule has 3 N–H and O–H groups in total. The summed E-state index contributed by atoms with van der Waals surface area (Å²) in [5, 5.41) is 12.8. The summed E-state index contributed by atoms with van der Waals surface area (Å²) in [7, 11) is 0. The first-order valence-electron chi connectivity index (χ1n) is 10.6. The first kappa shape index (κ1) is 20.8. The monoisotopic (exact) mass is 421 g/mol. The maximum Gasteiger partial charge on any atom is 0.272 e. The summed E-state index contributed by atoms with van der Waals surface area (Å²) in [5.41, 5.74) is 3.27. The van der Waals surface area contributed by atoms with Crippen molar-refractivity contribution in [1.29, 1.82) is 0 Å². The van der Waals surface area contributed by atoms with E-state index in [0.717, 1.165) is 25.0 Å². The third-order valence-electron chi connectivity index (χ3n) is 5.65. The van der Waals surface area contributed by atoms with Gasteiger partial charge in [0.05, 0.1) is 17.8 Å². The van der Waals surface area contributed by atoms with Gasteiger partial charge in [-0.25, -0.2) is 4.98 Å². The lowest BCUT2D eigenvalue weighted by molar-refractivity contribution is -0.122. The molecule has 1 aromatic carbocycles. The molecule has 8 heteroatoms. The Balaban J connectivity index is 1.46. The Bertz CT molecular complexity index is 1090. The number of carbonyl (C=O) groups excluding carboxylic acids is 2. The van der Waals surface area contributed by atoms with E-state index in [1.54, 1.807) is 13.0 Å². The number of rotatable bonds is 7. The fraction of sp³-hybridized carbons (Fsp3) is 0.391. The standard InChI is InChI=1S/C23H27N5O3/c1-13(2)18-11-19(28-27-18)22(30)24-12-20-14(3)31-23(26-20)16-9-4-5-10-17(16)25-21(29)15-7-6-8-15/h4-5,9-11,13,15H,6-8,12H2,1-3H3,(H,24,30)(H,25,29)(H,27,28). The van der Waals surface area contributed by atoms with Crippen molar-refractivity contribution in [3.63, 3.8) is 0 Å². The minimum atomic E-state index is -0.278.